The SMILES string of the molecule is O=C1OCCN1c1ccc(Cl)c([N+](=O)[O-])c1. The van der Waals surface area contributed by atoms with Crippen LogP contribution in [0.3, 0.4) is 0 Å². The summed E-state index contributed by atoms with van der Waals surface area (Å²) in [6, 6.07) is 4.19. The lowest BCUT2D eigenvalue weighted by molar-refractivity contribution is -0.384. The molecule has 0 unspecified atom stereocenters. The van der Waals surface area contributed by atoms with Gasteiger partial charge in [0.15, 0.2) is 0 Å². The molecule has 16 heavy (non-hydrogen) atoms. The van der Waals surface area contributed by atoms with Crippen LogP contribution in [-0.4, -0.2) is 24.2 Å². The Bertz CT molecular complexity index is 463. The maximum absolute atomic E-state index is 11.2. The topological polar surface area (TPSA) is 72.7 Å². The van der Waals surface area contributed by atoms with Gasteiger partial charge in [-0.25, -0.2) is 4.79 Å². The van der Waals surface area contributed by atoms with Gasteiger partial charge in [-0.2, -0.15) is 0 Å². The van der Waals surface area contributed by atoms with Gasteiger partial charge in [0.25, 0.3) is 5.69 Å². The Morgan fingerprint density at radius 2 is 2.25 bits per heavy atom. The highest BCUT2D eigenvalue weighted by Gasteiger charge is 2.25. The van der Waals surface area contributed by atoms with Crippen molar-refractivity contribution >= 4 is 29.1 Å². The van der Waals surface area contributed by atoms with E-state index < -0.39 is 11.0 Å². The van der Waals surface area contributed by atoms with E-state index in [1.54, 1.807) is 6.07 Å². The molecule has 1 aliphatic rings. The zero-order chi connectivity index (χ0) is 11.7. The molecule has 1 aromatic carbocycles. The van der Waals surface area contributed by atoms with E-state index in [1.807, 2.05) is 0 Å². The van der Waals surface area contributed by atoms with Crippen LogP contribution < -0.4 is 4.90 Å². The number of carbonyl (C=O) groups is 1. The fraction of sp³-hybridized carbons (Fsp3) is 0.222. The summed E-state index contributed by atoms with van der Waals surface area (Å²) in [7, 11) is 0. The number of cyclic esters (lactones) is 1. The molecule has 6 nitrogen and oxygen atoms in total. The van der Waals surface area contributed by atoms with Crippen LogP contribution in [0.1, 0.15) is 0 Å². The van der Waals surface area contributed by atoms with Crippen molar-refractivity contribution in [3.8, 4) is 0 Å². The van der Waals surface area contributed by atoms with Crippen molar-refractivity contribution in [3.05, 3.63) is 33.3 Å². The van der Waals surface area contributed by atoms with Gasteiger partial charge in [0.2, 0.25) is 0 Å². The van der Waals surface area contributed by atoms with Gasteiger partial charge < -0.3 is 4.74 Å². The number of anilines is 1. The first-order valence-corrected chi connectivity index (χ1v) is 4.85. The van der Waals surface area contributed by atoms with Gasteiger partial charge in [0.05, 0.1) is 17.2 Å². The largest absolute Gasteiger partial charge is 0.447 e. The second kappa shape index (κ2) is 3.97. The maximum atomic E-state index is 11.2. The first kappa shape index (κ1) is 10.7. The number of amides is 1. The van der Waals surface area contributed by atoms with E-state index in [0.717, 1.165) is 0 Å². The van der Waals surface area contributed by atoms with Crippen LogP contribution in [-0.2, 0) is 4.74 Å². The highest BCUT2D eigenvalue weighted by molar-refractivity contribution is 6.32. The number of nitro groups is 1. The first-order chi connectivity index (χ1) is 7.59. The van der Waals surface area contributed by atoms with Crippen LogP contribution in [0, 0.1) is 10.1 Å². The Hall–Kier alpha value is -1.82. The molecule has 0 N–H and O–H groups in total. The molecule has 7 heteroatoms. The van der Waals surface area contributed by atoms with Crippen molar-refractivity contribution in [1.29, 1.82) is 0 Å². The number of hydrogen-bond donors (Lipinski definition) is 0. The predicted molar refractivity (Wildman–Crippen MR) is 56.8 cm³/mol. The smallest absolute Gasteiger partial charge is 0.414 e. The number of carbonyl (C=O) groups excluding carboxylic acids is 1. The van der Waals surface area contributed by atoms with Gasteiger partial charge in [0.1, 0.15) is 11.6 Å². The predicted octanol–water partition coefficient (Wildman–Crippen LogP) is 2.20. The highest BCUT2D eigenvalue weighted by Crippen LogP contribution is 2.30. The molecule has 1 saturated heterocycles. The average molecular weight is 243 g/mol. The maximum Gasteiger partial charge on any atom is 0.414 e. The molecule has 1 amide bonds. The third-order valence-corrected chi connectivity index (χ3v) is 2.52. The molecule has 1 heterocycles. The lowest BCUT2D eigenvalue weighted by Gasteiger charge is -2.12. The van der Waals surface area contributed by atoms with Gasteiger partial charge in [0, 0.05) is 6.07 Å². The summed E-state index contributed by atoms with van der Waals surface area (Å²) >= 11 is 5.66. The number of hydrogen-bond acceptors (Lipinski definition) is 4. The Morgan fingerprint density at radius 1 is 1.50 bits per heavy atom. The summed E-state index contributed by atoms with van der Waals surface area (Å²) in [6.45, 7) is 0.673. The van der Waals surface area contributed by atoms with Crippen LogP contribution in [0.5, 0.6) is 0 Å². The van der Waals surface area contributed by atoms with Crippen LogP contribution in [0.2, 0.25) is 5.02 Å². The van der Waals surface area contributed by atoms with Gasteiger partial charge in [-0.05, 0) is 12.1 Å². The van der Waals surface area contributed by atoms with E-state index in [4.69, 9.17) is 16.3 Å². The Labute approximate surface area is 95.5 Å². The average Bonchev–Trinajstić information content (AvgIpc) is 2.65. The number of ether oxygens (including phenoxy) is 1. The third kappa shape index (κ3) is 1.79. The summed E-state index contributed by atoms with van der Waals surface area (Å²) in [4.78, 5) is 22.6. The fourth-order valence-electron chi connectivity index (χ4n) is 1.44. The standard InChI is InChI=1S/C9H7ClN2O4/c10-7-2-1-6(5-8(7)12(14)15)11-3-4-16-9(11)13/h1-2,5H,3-4H2. The summed E-state index contributed by atoms with van der Waals surface area (Å²) in [5.74, 6) is 0. The summed E-state index contributed by atoms with van der Waals surface area (Å²) in [5, 5.41) is 10.7. The molecule has 0 bridgehead atoms. The van der Waals surface area contributed by atoms with E-state index in [2.05, 4.69) is 0 Å². The van der Waals surface area contributed by atoms with E-state index in [0.29, 0.717) is 12.2 Å². The van der Waals surface area contributed by atoms with Crippen molar-refractivity contribution in [3.63, 3.8) is 0 Å². The van der Waals surface area contributed by atoms with E-state index in [9.17, 15) is 14.9 Å². The molecular weight excluding hydrogens is 236 g/mol. The number of nitrogens with zero attached hydrogens (tertiary/aromatic N) is 2. The molecule has 0 spiro atoms. The molecule has 0 radical (unpaired) electrons. The monoisotopic (exact) mass is 242 g/mol. The molecule has 1 aromatic rings. The number of benzene rings is 1. The quantitative estimate of drug-likeness (QED) is 0.589. The minimum atomic E-state index is -0.590. The molecule has 0 aromatic heterocycles. The second-order valence-corrected chi connectivity index (χ2v) is 3.57. The lowest BCUT2D eigenvalue weighted by atomic mass is 10.2. The second-order valence-electron chi connectivity index (χ2n) is 3.16. The first-order valence-electron chi connectivity index (χ1n) is 4.48. The van der Waals surface area contributed by atoms with Gasteiger partial charge >= 0.3 is 6.09 Å². The normalized spacial score (nSPS) is 15.1. The van der Waals surface area contributed by atoms with E-state index in [-0.39, 0.29) is 17.3 Å². The van der Waals surface area contributed by atoms with Gasteiger partial charge in [-0.3, -0.25) is 15.0 Å². The molecule has 2 rings (SSSR count). The van der Waals surface area contributed by atoms with Crippen LogP contribution >= 0.6 is 11.6 Å². The zero-order valence-electron chi connectivity index (χ0n) is 8.05. The van der Waals surface area contributed by atoms with Crippen molar-refractivity contribution in [1.82, 2.24) is 0 Å². The van der Waals surface area contributed by atoms with Gasteiger partial charge in [-0.1, -0.05) is 11.6 Å². The van der Waals surface area contributed by atoms with Gasteiger partial charge in [-0.15, -0.1) is 0 Å². The molecular formula is C9H7ClN2O4. The van der Waals surface area contributed by atoms with Crippen LogP contribution in [0.25, 0.3) is 0 Å². The third-order valence-electron chi connectivity index (χ3n) is 2.20. The molecule has 1 aliphatic heterocycles. The lowest BCUT2D eigenvalue weighted by Crippen LogP contribution is -2.23. The molecule has 1 fully saturated rings. The Balaban J connectivity index is 2.39. The summed E-state index contributed by atoms with van der Waals surface area (Å²) in [5.41, 5.74) is 0.192. The van der Waals surface area contributed by atoms with Crippen molar-refractivity contribution in [2.75, 3.05) is 18.1 Å². The Morgan fingerprint density at radius 3 is 2.81 bits per heavy atom. The zero-order valence-corrected chi connectivity index (χ0v) is 8.81. The van der Waals surface area contributed by atoms with Crippen molar-refractivity contribution in [2.45, 2.75) is 0 Å². The highest BCUT2D eigenvalue weighted by atomic mass is 35.5. The summed E-state index contributed by atoms with van der Waals surface area (Å²) in [6.07, 6.45) is -0.503. The van der Waals surface area contributed by atoms with Crippen molar-refractivity contribution < 1.29 is 14.5 Å². The molecule has 0 saturated carbocycles. The number of rotatable bonds is 2. The fourth-order valence-corrected chi connectivity index (χ4v) is 1.62. The minimum Gasteiger partial charge on any atom is -0.447 e. The molecule has 0 aliphatic carbocycles. The number of nitro benzene ring substituents is 1. The summed E-state index contributed by atoms with van der Waals surface area (Å²) < 4.78 is 4.73. The minimum absolute atomic E-state index is 0.0429. The number of halogens is 1. The van der Waals surface area contributed by atoms with E-state index >= 15 is 0 Å². The van der Waals surface area contributed by atoms with Crippen LogP contribution in [0.4, 0.5) is 16.2 Å². The van der Waals surface area contributed by atoms with E-state index in [1.165, 1.54) is 17.0 Å². The molecule has 84 valence electrons. The van der Waals surface area contributed by atoms with Crippen molar-refractivity contribution in [2.24, 2.45) is 0 Å². The van der Waals surface area contributed by atoms with Crippen LogP contribution in [0.15, 0.2) is 18.2 Å². The Kier molecular flexibility index (Phi) is 2.66. The molecule has 0 atom stereocenters.